The van der Waals surface area contributed by atoms with Crippen molar-refractivity contribution in [1.82, 2.24) is 10.1 Å². The highest BCUT2D eigenvalue weighted by Gasteiger charge is 2.25. The summed E-state index contributed by atoms with van der Waals surface area (Å²) in [7, 11) is 1.88. The van der Waals surface area contributed by atoms with E-state index >= 15 is 0 Å². The molecule has 0 radical (unpaired) electrons. The summed E-state index contributed by atoms with van der Waals surface area (Å²) < 4.78 is 5.03. The molecule has 6 heteroatoms. The minimum absolute atomic E-state index is 0.126. The molecule has 2 heterocycles. The fourth-order valence-electron chi connectivity index (χ4n) is 3.17. The Morgan fingerprint density at radius 2 is 2.21 bits per heavy atom. The Bertz CT molecular complexity index is 674. The van der Waals surface area contributed by atoms with Gasteiger partial charge in [-0.1, -0.05) is 35.0 Å². The van der Waals surface area contributed by atoms with Gasteiger partial charge in [-0.3, -0.25) is 4.79 Å². The Morgan fingerprint density at radius 3 is 2.92 bits per heavy atom. The first-order valence-electron chi connectivity index (χ1n) is 8.27. The van der Waals surface area contributed by atoms with Crippen LogP contribution in [0.1, 0.15) is 18.6 Å². The topological polar surface area (TPSA) is 49.6 Å². The molecule has 1 saturated heterocycles. The Balaban J connectivity index is 1.44. The number of aromatic nitrogens is 1. The molecule has 1 aromatic carbocycles. The number of hydrogen-bond donors (Lipinski definition) is 0. The lowest BCUT2D eigenvalue weighted by Gasteiger charge is -2.22. The number of para-hydroxylation sites is 1. The summed E-state index contributed by atoms with van der Waals surface area (Å²) in [6, 6.07) is 12.1. The Hall–Kier alpha value is -2.01. The number of carbonyl (C=O) groups excluding carboxylic acids is 1. The number of nitrogens with zero attached hydrogens (tertiary/aromatic N) is 3. The third kappa shape index (κ3) is 4.29. The van der Waals surface area contributed by atoms with Gasteiger partial charge in [0.1, 0.15) is 5.76 Å². The van der Waals surface area contributed by atoms with Gasteiger partial charge in [-0.05, 0) is 24.5 Å². The molecule has 1 atom stereocenters. The van der Waals surface area contributed by atoms with E-state index in [4.69, 9.17) is 16.1 Å². The third-order valence-corrected chi connectivity index (χ3v) is 4.66. The molecule has 2 aromatic rings. The van der Waals surface area contributed by atoms with E-state index in [2.05, 4.69) is 34.3 Å². The van der Waals surface area contributed by atoms with Gasteiger partial charge in [0, 0.05) is 51.3 Å². The van der Waals surface area contributed by atoms with Crippen molar-refractivity contribution in [2.24, 2.45) is 5.92 Å². The highest BCUT2D eigenvalue weighted by molar-refractivity contribution is 6.29. The van der Waals surface area contributed by atoms with Gasteiger partial charge in [0.05, 0.1) is 0 Å². The van der Waals surface area contributed by atoms with Gasteiger partial charge in [0.2, 0.25) is 5.91 Å². The minimum Gasteiger partial charge on any atom is -0.371 e. The first-order chi connectivity index (χ1) is 11.6. The van der Waals surface area contributed by atoms with Crippen LogP contribution in [0.3, 0.4) is 0 Å². The van der Waals surface area contributed by atoms with E-state index < -0.39 is 0 Å². The predicted molar refractivity (Wildman–Crippen MR) is 94.2 cm³/mol. The van der Waals surface area contributed by atoms with Crippen LogP contribution >= 0.6 is 11.6 Å². The zero-order chi connectivity index (χ0) is 16.9. The number of amides is 1. The molecule has 128 valence electrons. The van der Waals surface area contributed by atoms with Crippen LogP contribution in [-0.4, -0.2) is 42.6 Å². The van der Waals surface area contributed by atoms with Crippen LogP contribution in [-0.2, 0) is 11.2 Å². The van der Waals surface area contributed by atoms with Crippen LogP contribution in [0.15, 0.2) is 40.9 Å². The van der Waals surface area contributed by atoms with Crippen LogP contribution in [0.2, 0.25) is 5.15 Å². The molecule has 0 unspecified atom stereocenters. The van der Waals surface area contributed by atoms with Crippen LogP contribution < -0.4 is 4.90 Å². The lowest BCUT2D eigenvalue weighted by molar-refractivity contribution is -0.130. The number of halogens is 1. The molecular weight excluding hydrogens is 326 g/mol. The summed E-state index contributed by atoms with van der Waals surface area (Å²) in [5.74, 6) is 1.29. The second kappa shape index (κ2) is 7.71. The second-order valence-electron chi connectivity index (χ2n) is 6.33. The quantitative estimate of drug-likeness (QED) is 0.805. The maximum Gasteiger partial charge on any atom is 0.222 e. The van der Waals surface area contributed by atoms with Gasteiger partial charge in [0.25, 0.3) is 0 Å². The maximum absolute atomic E-state index is 12.3. The maximum atomic E-state index is 12.3. The third-order valence-electron chi connectivity index (χ3n) is 4.48. The number of benzene rings is 1. The minimum atomic E-state index is 0.126. The molecule has 1 amide bonds. The largest absolute Gasteiger partial charge is 0.371 e. The van der Waals surface area contributed by atoms with Gasteiger partial charge in [-0.25, -0.2) is 0 Å². The Labute approximate surface area is 147 Å². The van der Waals surface area contributed by atoms with Crippen LogP contribution in [0.4, 0.5) is 5.69 Å². The molecule has 1 aromatic heterocycles. The molecule has 0 bridgehead atoms. The van der Waals surface area contributed by atoms with Gasteiger partial charge in [0.15, 0.2) is 5.15 Å². The number of rotatable bonds is 6. The number of anilines is 1. The smallest absolute Gasteiger partial charge is 0.222 e. The van der Waals surface area contributed by atoms with Crippen molar-refractivity contribution in [1.29, 1.82) is 0 Å². The molecule has 0 saturated carbocycles. The first kappa shape index (κ1) is 16.8. The van der Waals surface area contributed by atoms with Gasteiger partial charge < -0.3 is 14.3 Å². The molecule has 1 aliphatic rings. The van der Waals surface area contributed by atoms with Crippen molar-refractivity contribution in [2.75, 3.05) is 31.6 Å². The van der Waals surface area contributed by atoms with Crippen LogP contribution in [0.25, 0.3) is 0 Å². The van der Waals surface area contributed by atoms with Gasteiger partial charge in [-0.15, -0.1) is 0 Å². The lowest BCUT2D eigenvalue weighted by atomic mass is 10.1. The highest BCUT2D eigenvalue weighted by atomic mass is 35.5. The molecule has 3 rings (SSSR count). The summed E-state index contributed by atoms with van der Waals surface area (Å²) in [5, 5.41) is 3.95. The average Bonchev–Trinajstić information content (AvgIpc) is 3.22. The van der Waals surface area contributed by atoms with Crippen molar-refractivity contribution in [3.63, 3.8) is 0 Å². The molecule has 0 N–H and O–H groups in total. The van der Waals surface area contributed by atoms with E-state index in [1.807, 2.05) is 18.0 Å². The van der Waals surface area contributed by atoms with Gasteiger partial charge in [-0.2, -0.15) is 0 Å². The van der Waals surface area contributed by atoms with E-state index in [9.17, 15) is 4.79 Å². The summed E-state index contributed by atoms with van der Waals surface area (Å²) >= 11 is 5.71. The van der Waals surface area contributed by atoms with E-state index in [0.717, 1.165) is 26.1 Å². The molecule has 1 fully saturated rings. The van der Waals surface area contributed by atoms with Crippen LogP contribution in [0.5, 0.6) is 0 Å². The van der Waals surface area contributed by atoms with Crippen molar-refractivity contribution in [2.45, 2.75) is 19.3 Å². The number of aryl methyl sites for hydroxylation is 1. The summed E-state index contributed by atoms with van der Waals surface area (Å²) in [6.45, 7) is 2.84. The number of hydrogen-bond acceptors (Lipinski definition) is 4. The Kier molecular flexibility index (Phi) is 5.41. The monoisotopic (exact) mass is 347 g/mol. The fourth-order valence-corrected chi connectivity index (χ4v) is 3.33. The van der Waals surface area contributed by atoms with E-state index in [1.165, 1.54) is 5.69 Å². The molecular formula is C18H22ClN3O2. The molecule has 0 spiro atoms. The van der Waals surface area contributed by atoms with Crippen LogP contribution in [0, 0.1) is 5.92 Å². The Morgan fingerprint density at radius 1 is 1.42 bits per heavy atom. The standard InChI is InChI=1S/C18H22ClN3O2/c1-21(18(23)8-7-16-11-17(19)20-24-16)12-14-9-10-22(13-14)15-5-3-2-4-6-15/h2-6,11,14H,7-10,12-13H2,1H3/t14-/m1/s1. The molecule has 0 aliphatic carbocycles. The van der Waals surface area contributed by atoms with Crippen molar-refractivity contribution in [3.8, 4) is 0 Å². The van der Waals surface area contributed by atoms with E-state index in [-0.39, 0.29) is 5.91 Å². The van der Waals surface area contributed by atoms with Crippen molar-refractivity contribution < 1.29 is 9.32 Å². The first-order valence-corrected chi connectivity index (χ1v) is 8.64. The summed E-state index contributed by atoms with van der Waals surface area (Å²) in [4.78, 5) is 16.5. The average molecular weight is 348 g/mol. The molecule has 5 nitrogen and oxygen atoms in total. The van der Waals surface area contributed by atoms with Crippen molar-refractivity contribution >= 4 is 23.2 Å². The second-order valence-corrected chi connectivity index (χ2v) is 6.71. The zero-order valence-corrected chi connectivity index (χ0v) is 14.6. The van der Waals surface area contributed by atoms with Crippen molar-refractivity contribution in [3.05, 3.63) is 47.3 Å². The zero-order valence-electron chi connectivity index (χ0n) is 13.8. The fraction of sp³-hybridized carbons (Fsp3) is 0.444. The number of carbonyl (C=O) groups is 1. The predicted octanol–water partition coefficient (Wildman–Crippen LogP) is 3.25. The van der Waals surface area contributed by atoms with Gasteiger partial charge >= 0.3 is 0 Å². The lowest BCUT2D eigenvalue weighted by Crippen LogP contribution is -2.33. The normalized spacial score (nSPS) is 17.2. The summed E-state index contributed by atoms with van der Waals surface area (Å²) in [6.07, 6.45) is 2.06. The highest BCUT2D eigenvalue weighted by Crippen LogP contribution is 2.24. The molecule has 24 heavy (non-hydrogen) atoms. The SMILES string of the molecule is CN(C[C@H]1CCN(c2ccccc2)C1)C(=O)CCc1cc(Cl)no1. The molecule has 1 aliphatic heterocycles. The van der Waals surface area contributed by atoms with E-state index in [0.29, 0.717) is 29.7 Å². The van der Waals surface area contributed by atoms with E-state index in [1.54, 1.807) is 6.07 Å². The summed E-state index contributed by atoms with van der Waals surface area (Å²) in [5.41, 5.74) is 1.26.